The predicted molar refractivity (Wildman–Crippen MR) is 155 cm³/mol. The van der Waals surface area contributed by atoms with Crippen LogP contribution < -0.4 is 11.1 Å². The van der Waals surface area contributed by atoms with Gasteiger partial charge < -0.3 is 20.7 Å². The molecular weight excluding hydrogens is 544 g/mol. The number of amides is 2. The van der Waals surface area contributed by atoms with Gasteiger partial charge in [0.2, 0.25) is 0 Å². The zero-order valence-electron chi connectivity index (χ0n) is 22.2. The molecule has 208 valence electrons. The first kappa shape index (κ1) is 26.3. The van der Waals surface area contributed by atoms with E-state index in [1.807, 2.05) is 49.4 Å². The molecule has 4 heterocycles. The second kappa shape index (κ2) is 10.9. The van der Waals surface area contributed by atoms with E-state index in [0.717, 1.165) is 27.6 Å². The lowest BCUT2D eigenvalue weighted by molar-refractivity contribution is 0.0940. The van der Waals surface area contributed by atoms with Gasteiger partial charge in [-0.2, -0.15) is 5.10 Å². The number of nitrogens with one attached hydrogen (secondary N) is 2. The van der Waals surface area contributed by atoms with Crippen molar-refractivity contribution < 1.29 is 14.3 Å². The van der Waals surface area contributed by atoms with Crippen molar-refractivity contribution >= 4 is 51.5 Å². The van der Waals surface area contributed by atoms with Gasteiger partial charge in [0.05, 0.1) is 11.1 Å². The summed E-state index contributed by atoms with van der Waals surface area (Å²) in [6.45, 7) is 2.93. The summed E-state index contributed by atoms with van der Waals surface area (Å²) in [4.78, 5) is 32.0. The summed E-state index contributed by atoms with van der Waals surface area (Å²) < 4.78 is 6.99. The molecule has 0 saturated carbocycles. The van der Waals surface area contributed by atoms with Crippen LogP contribution in [0, 0.1) is 0 Å². The molecular formula is C29H27ClN8O3. The van der Waals surface area contributed by atoms with Crippen LogP contribution in [0.3, 0.4) is 0 Å². The summed E-state index contributed by atoms with van der Waals surface area (Å²) in [5.41, 5.74) is 10.9. The fourth-order valence-corrected chi connectivity index (χ4v) is 5.37. The van der Waals surface area contributed by atoms with Gasteiger partial charge in [0.25, 0.3) is 5.91 Å². The molecule has 0 saturated heterocycles. The molecule has 1 unspecified atom stereocenters. The molecule has 11 nitrogen and oxygen atoms in total. The third-order valence-corrected chi connectivity index (χ3v) is 7.48. The number of rotatable bonds is 6. The molecule has 4 N–H and O–H groups in total. The predicted octanol–water partition coefficient (Wildman–Crippen LogP) is 4.76. The van der Waals surface area contributed by atoms with Crippen molar-refractivity contribution in [1.29, 1.82) is 0 Å². The summed E-state index contributed by atoms with van der Waals surface area (Å²) in [6, 6.07) is 12.7. The molecule has 6 rings (SSSR count). The number of H-pyrrole nitrogens is 1. The number of benzene rings is 2. The molecule has 1 atom stereocenters. The van der Waals surface area contributed by atoms with Crippen LogP contribution >= 0.6 is 11.6 Å². The van der Waals surface area contributed by atoms with Crippen molar-refractivity contribution in [2.24, 2.45) is 0 Å². The van der Waals surface area contributed by atoms with Gasteiger partial charge >= 0.3 is 6.09 Å². The summed E-state index contributed by atoms with van der Waals surface area (Å²) >= 11 is 6.64. The number of anilines is 1. The minimum Gasteiger partial charge on any atom is -0.445 e. The lowest BCUT2D eigenvalue weighted by atomic mass is 9.90. The standard InChI is InChI=1S/C29H27ClN8O3/c1-17(34-28(39)24-26(31)36-38-11-5-10-32-27(24)38)20-14-22(30)21-15-33-35-25(21)23(20)19-8-12-37(13-9-19)29(40)41-16-18-6-3-2-4-7-18/h2-8,10-11,14-15,17H,9,12-13,16H2,1H3,(H2,31,36)(H,33,35)(H,34,39). The summed E-state index contributed by atoms with van der Waals surface area (Å²) in [5.74, 6) is -0.318. The molecule has 0 fully saturated rings. The molecule has 1 aliphatic rings. The highest BCUT2D eigenvalue weighted by molar-refractivity contribution is 6.35. The molecule has 0 spiro atoms. The Labute approximate surface area is 239 Å². The van der Waals surface area contributed by atoms with E-state index in [9.17, 15) is 9.59 Å². The van der Waals surface area contributed by atoms with Gasteiger partial charge in [0.1, 0.15) is 17.7 Å². The number of aromatic nitrogens is 5. The second-order valence-corrected chi connectivity index (χ2v) is 10.2. The van der Waals surface area contributed by atoms with Crippen molar-refractivity contribution in [3.63, 3.8) is 0 Å². The van der Waals surface area contributed by atoms with E-state index in [1.165, 1.54) is 4.52 Å². The number of nitrogens with two attached hydrogens (primary N) is 1. The van der Waals surface area contributed by atoms with E-state index in [1.54, 1.807) is 29.6 Å². The van der Waals surface area contributed by atoms with E-state index in [2.05, 4.69) is 25.6 Å². The Morgan fingerprint density at radius 3 is 2.85 bits per heavy atom. The maximum Gasteiger partial charge on any atom is 0.410 e. The molecule has 0 radical (unpaired) electrons. The first-order chi connectivity index (χ1) is 19.9. The smallest absolute Gasteiger partial charge is 0.410 e. The Hall–Kier alpha value is -4.90. The minimum absolute atomic E-state index is 0.0867. The lowest BCUT2D eigenvalue weighted by Gasteiger charge is -2.28. The third-order valence-electron chi connectivity index (χ3n) is 7.16. The zero-order chi connectivity index (χ0) is 28.5. The summed E-state index contributed by atoms with van der Waals surface area (Å²) in [7, 11) is 0. The number of hydrogen-bond donors (Lipinski definition) is 3. The van der Waals surface area contributed by atoms with E-state index < -0.39 is 11.9 Å². The first-order valence-corrected chi connectivity index (χ1v) is 13.5. The number of halogens is 1. The van der Waals surface area contributed by atoms with Gasteiger partial charge in [0.15, 0.2) is 11.5 Å². The van der Waals surface area contributed by atoms with Gasteiger partial charge in [-0.15, -0.1) is 5.10 Å². The second-order valence-electron chi connectivity index (χ2n) is 9.78. The number of carbonyl (C=O) groups is 2. The number of ether oxygens (including phenoxy) is 1. The van der Waals surface area contributed by atoms with Crippen LogP contribution in [0.2, 0.25) is 5.02 Å². The van der Waals surface area contributed by atoms with Gasteiger partial charge in [-0.3, -0.25) is 9.89 Å². The van der Waals surface area contributed by atoms with Crippen LogP contribution in [0.25, 0.3) is 22.1 Å². The SMILES string of the molecule is CC(NC(=O)c1c(N)nn2cccnc12)c1cc(Cl)c2c[nH]nc2c1C1=CCN(C(=O)OCc2ccccc2)CC1. The number of aromatic amines is 1. The monoisotopic (exact) mass is 570 g/mol. The van der Waals surface area contributed by atoms with Crippen LogP contribution in [-0.4, -0.2) is 54.8 Å². The van der Waals surface area contributed by atoms with Gasteiger partial charge in [-0.1, -0.05) is 48.0 Å². The number of carbonyl (C=O) groups excluding carboxylic acids is 2. The minimum atomic E-state index is -0.469. The molecule has 41 heavy (non-hydrogen) atoms. The van der Waals surface area contributed by atoms with Gasteiger partial charge in [-0.25, -0.2) is 14.3 Å². The van der Waals surface area contributed by atoms with Crippen LogP contribution in [0.15, 0.2) is 67.1 Å². The number of nitrogen functional groups attached to an aromatic ring is 1. The Balaban J connectivity index is 1.26. The Morgan fingerprint density at radius 1 is 1.24 bits per heavy atom. The Morgan fingerprint density at radius 2 is 2.07 bits per heavy atom. The van der Waals surface area contributed by atoms with Crippen molar-refractivity contribution in [2.75, 3.05) is 18.8 Å². The molecule has 0 bridgehead atoms. The summed E-state index contributed by atoms with van der Waals surface area (Å²) in [5, 5.41) is 15.9. The fraction of sp³-hybridized carbons (Fsp3) is 0.207. The van der Waals surface area contributed by atoms with Crippen molar-refractivity contribution in [3.8, 4) is 0 Å². The van der Waals surface area contributed by atoms with Crippen LogP contribution in [0.1, 0.15) is 46.4 Å². The Bertz CT molecular complexity index is 1800. The average molecular weight is 571 g/mol. The zero-order valence-corrected chi connectivity index (χ0v) is 22.9. The van der Waals surface area contributed by atoms with Crippen molar-refractivity contribution in [1.82, 2.24) is 35.0 Å². The molecule has 1 aliphatic heterocycles. The Kier molecular flexibility index (Phi) is 7.02. The number of nitrogens with zero attached hydrogens (tertiary/aromatic N) is 5. The normalized spacial score (nSPS) is 14.2. The maximum absolute atomic E-state index is 13.4. The topological polar surface area (TPSA) is 144 Å². The van der Waals surface area contributed by atoms with Crippen LogP contribution in [-0.2, 0) is 11.3 Å². The molecule has 2 aromatic carbocycles. The average Bonchev–Trinajstić information content (AvgIpc) is 3.61. The molecule has 2 amide bonds. The van der Waals surface area contributed by atoms with Crippen molar-refractivity contribution in [2.45, 2.75) is 26.0 Å². The van der Waals surface area contributed by atoms with Crippen LogP contribution in [0.5, 0.6) is 0 Å². The largest absolute Gasteiger partial charge is 0.445 e. The highest BCUT2D eigenvalue weighted by Crippen LogP contribution is 2.38. The maximum atomic E-state index is 13.4. The van der Waals surface area contributed by atoms with Gasteiger partial charge in [0, 0.05) is 42.6 Å². The fourth-order valence-electron chi connectivity index (χ4n) is 5.11. The number of fused-ring (bicyclic) bond motifs is 2. The lowest BCUT2D eigenvalue weighted by Crippen LogP contribution is -2.35. The summed E-state index contributed by atoms with van der Waals surface area (Å²) in [6.07, 6.45) is 7.20. The molecule has 0 aliphatic carbocycles. The number of hydrogen-bond acceptors (Lipinski definition) is 7. The van der Waals surface area contributed by atoms with E-state index in [4.69, 9.17) is 22.1 Å². The first-order valence-electron chi connectivity index (χ1n) is 13.1. The molecule has 3 aromatic heterocycles. The molecule has 5 aromatic rings. The highest BCUT2D eigenvalue weighted by Gasteiger charge is 2.27. The third kappa shape index (κ3) is 5.07. The molecule has 12 heteroatoms. The van der Waals surface area contributed by atoms with E-state index in [-0.39, 0.29) is 24.1 Å². The van der Waals surface area contributed by atoms with Crippen molar-refractivity contribution in [3.05, 3.63) is 94.4 Å². The van der Waals surface area contributed by atoms with E-state index >= 15 is 0 Å². The van der Waals surface area contributed by atoms with Crippen LogP contribution in [0.4, 0.5) is 10.6 Å². The highest BCUT2D eigenvalue weighted by atomic mass is 35.5. The van der Waals surface area contributed by atoms with Gasteiger partial charge in [-0.05, 0) is 42.2 Å². The van der Waals surface area contributed by atoms with E-state index in [0.29, 0.717) is 35.7 Å². The quantitative estimate of drug-likeness (QED) is 0.267.